The molecule has 6 nitrogen and oxygen atoms in total. The molecule has 0 spiro atoms. The number of carbonyl (C=O) groups excluding carboxylic acids is 1. The number of hydrogen-bond acceptors (Lipinski definition) is 4. The topological polar surface area (TPSA) is 80.9 Å². The lowest BCUT2D eigenvalue weighted by molar-refractivity contribution is -0.153. The fraction of sp³-hybridized carbons (Fsp3) is 0.364. The molecular weight excluding hydrogens is 488 g/mol. The monoisotopic (exact) mass is 524 g/mol. The van der Waals surface area contributed by atoms with Crippen molar-refractivity contribution in [2.45, 2.75) is 77.2 Å². The van der Waals surface area contributed by atoms with Crippen LogP contribution < -0.4 is 0 Å². The fourth-order valence-electron chi connectivity index (χ4n) is 5.83. The molecule has 0 bridgehead atoms. The summed E-state index contributed by atoms with van der Waals surface area (Å²) in [6, 6.07) is 19.0. The Morgan fingerprint density at radius 3 is 2.51 bits per heavy atom. The summed E-state index contributed by atoms with van der Waals surface area (Å²) >= 11 is 0. The summed E-state index contributed by atoms with van der Waals surface area (Å²) < 4.78 is 8.08. The Morgan fingerprint density at radius 1 is 1.03 bits per heavy atom. The SMILES string of the molecule is CCCCc1cn2c(COC(=O)C3(c4ccc(-c5ccccc5)c(C(=O)O)c4)CCCCC3)ccc(C)c2n1. The maximum absolute atomic E-state index is 13.9. The Morgan fingerprint density at radius 2 is 1.79 bits per heavy atom. The zero-order chi connectivity index (χ0) is 27.4. The number of aromatic nitrogens is 2. The normalized spacial score (nSPS) is 14.8. The van der Waals surface area contributed by atoms with Gasteiger partial charge >= 0.3 is 11.9 Å². The average Bonchev–Trinajstić information content (AvgIpc) is 3.41. The number of carbonyl (C=O) groups is 2. The number of carboxylic acids is 1. The number of unbranched alkanes of at least 4 members (excludes halogenated alkanes) is 1. The summed E-state index contributed by atoms with van der Waals surface area (Å²) in [6.07, 6.45) is 9.30. The lowest BCUT2D eigenvalue weighted by Gasteiger charge is -2.35. The molecule has 1 aliphatic carbocycles. The number of pyridine rings is 1. The molecule has 1 aliphatic rings. The molecule has 1 saturated carbocycles. The summed E-state index contributed by atoms with van der Waals surface area (Å²) in [5.41, 5.74) is 5.44. The summed E-state index contributed by atoms with van der Waals surface area (Å²) in [7, 11) is 0. The molecule has 0 aliphatic heterocycles. The third-order valence-corrected chi connectivity index (χ3v) is 8.07. The van der Waals surface area contributed by atoms with E-state index >= 15 is 0 Å². The second-order valence-corrected chi connectivity index (χ2v) is 10.7. The maximum Gasteiger partial charge on any atom is 0.336 e. The van der Waals surface area contributed by atoms with Crippen molar-refractivity contribution in [1.82, 2.24) is 9.38 Å². The van der Waals surface area contributed by atoms with E-state index in [2.05, 4.69) is 13.1 Å². The number of ether oxygens (including phenoxy) is 1. The van der Waals surface area contributed by atoms with Gasteiger partial charge < -0.3 is 14.2 Å². The Balaban J connectivity index is 1.45. The molecule has 1 N–H and O–H groups in total. The first-order valence-corrected chi connectivity index (χ1v) is 14.0. The summed E-state index contributed by atoms with van der Waals surface area (Å²) in [5.74, 6) is -1.29. The highest BCUT2D eigenvalue weighted by Crippen LogP contribution is 2.42. The minimum atomic E-state index is -1.00. The molecule has 0 amide bonds. The summed E-state index contributed by atoms with van der Waals surface area (Å²) in [5, 5.41) is 10.1. The third-order valence-electron chi connectivity index (χ3n) is 8.07. The van der Waals surface area contributed by atoms with Crippen LogP contribution in [0.25, 0.3) is 16.8 Å². The standard InChI is InChI=1S/C33H36N2O4/c1-3-4-13-26-21-35-27(16-14-23(2)30(35)34-26)22-39-32(38)33(18-9-6-10-19-33)25-15-17-28(29(20-25)31(36)37)24-11-7-5-8-12-24/h5,7-8,11-12,14-17,20-21H,3-4,6,9-10,13,18-19,22H2,1-2H3,(H,36,37). The lowest BCUT2D eigenvalue weighted by atomic mass is 9.69. The van der Waals surface area contributed by atoms with E-state index in [0.29, 0.717) is 18.4 Å². The van der Waals surface area contributed by atoms with E-state index in [-0.39, 0.29) is 18.1 Å². The molecule has 0 radical (unpaired) electrons. The Hall–Kier alpha value is -3.93. The van der Waals surface area contributed by atoms with Gasteiger partial charge in [-0.05, 0) is 67.0 Å². The van der Waals surface area contributed by atoms with Crippen molar-refractivity contribution in [1.29, 1.82) is 0 Å². The molecule has 0 atom stereocenters. The number of benzene rings is 2. The third kappa shape index (κ3) is 5.33. The van der Waals surface area contributed by atoms with E-state index in [1.165, 1.54) is 0 Å². The number of nitrogens with zero attached hydrogens (tertiary/aromatic N) is 2. The Labute approximate surface area is 229 Å². The molecule has 202 valence electrons. The second-order valence-electron chi connectivity index (χ2n) is 10.7. The molecular formula is C33H36N2O4. The number of fused-ring (bicyclic) bond motifs is 1. The first-order chi connectivity index (χ1) is 18.9. The van der Waals surface area contributed by atoms with E-state index in [0.717, 1.165) is 72.3 Å². The molecule has 2 aromatic heterocycles. The Bertz CT molecular complexity index is 1480. The van der Waals surface area contributed by atoms with Gasteiger partial charge in [0.25, 0.3) is 0 Å². The van der Waals surface area contributed by atoms with Crippen LogP contribution in [0.1, 0.15) is 84.7 Å². The van der Waals surface area contributed by atoms with Crippen LogP contribution in [0.3, 0.4) is 0 Å². The van der Waals surface area contributed by atoms with Crippen LogP contribution in [-0.4, -0.2) is 26.4 Å². The number of aromatic carboxylic acids is 1. The van der Waals surface area contributed by atoms with Crippen LogP contribution in [0, 0.1) is 6.92 Å². The number of esters is 1. The van der Waals surface area contributed by atoms with Crippen LogP contribution in [0.15, 0.2) is 66.9 Å². The van der Waals surface area contributed by atoms with Gasteiger partial charge in [-0.1, -0.05) is 81.1 Å². The fourth-order valence-corrected chi connectivity index (χ4v) is 5.83. The molecule has 6 heteroatoms. The highest BCUT2D eigenvalue weighted by molar-refractivity contribution is 5.97. The van der Waals surface area contributed by atoms with Gasteiger partial charge in [-0.25, -0.2) is 9.78 Å². The predicted octanol–water partition coefficient (Wildman–Crippen LogP) is 7.30. The molecule has 5 rings (SSSR count). The van der Waals surface area contributed by atoms with Crippen molar-refractivity contribution in [2.75, 3.05) is 0 Å². The second kappa shape index (κ2) is 11.4. The van der Waals surface area contributed by atoms with Crippen LogP contribution >= 0.6 is 0 Å². The van der Waals surface area contributed by atoms with Gasteiger partial charge in [0.1, 0.15) is 12.3 Å². The van der Waals surface area contributed by atoms with E-state index in [1.807, 2.05) is 65.9 Å². The van der Waals surface area contributed by atoms with Crippen molar-refractivity contribution in [3.8, 4) is 11.1 Å². The number of rotatable bonds is 9. The van der Waals surface area contributed by atoms with Crippen LogP contribution in [0.2, 0.25) is 0 Å². The highest BCUT2D eigenvalue weighted by atomic mass is 16.5. The molecule has 2 heterocycles. The van der Waals surface area contributed by atoms with Gasteiger partial charge in [0.05, 0.1) is 22.4 Å². The van der Waals surface area contributed by atoms with Crippen molar-refractivity contribution in [3.05, 3.63) is 94.9 Å². The lowest BCUT2D eigenvalue weighted by Crippen LogP contribution is -2.39. The summed E-state index contributed by atoms with van der Waals surface area (Å²) in [4.78, 5) is 31.0. The predicted molar refractivity (Wildman–Crippen MR) is 152 cm³/mol. The molecule has 0 saturated heterocycles. The van der Waals surface area contributed by atoms with E-state index in [1.54, 1.807) is 6.07 Å². The largest absolute Gasteiger partial charge is 0.478 e. The van der Waals surface area contributed by atoms with Crippen molar-refractivity contribution >= 4 is 17.6 Å². The van der Waals surface area contributed by atoms with Crippen molar-refractivity contribution in [2.24, 2.45) is 0 Å². The van der Waals surface area contributed by atoms with E-state index < -0.39 is 11.4 Å². The van der Waals surface area contributed by atoms with Crippen LogP contribution in [0.5, 0.6) is 0 Å². The number of hydrogen-bond donors (Lipinski definition) is 1. The molecule has 39 heavy (non-hydrogen) atoms. The van der Waals surface area contributed by atoms with Gasteiger partial charge in [-0.15, -0.1) is 0 Å². The zero-order valence-corrected chi connectivity index (χ0v) is 22.8. The van der Waals surface area contributed by atoms with Crippen LogP contribution in [0.4, 0.5) is 0 Å². The summed E-state index contributed by atoms with van der Waals surface area (Å²) in [6.45, 7) is 4.34. The van der Waals surface area contributed by atoms with Crippen LogP contribution in [-0.2, 0) is 28.0 Å². The average molecular weight is 525 g/mol. The zero-order valence-electron chi connectivity index (χ0n) is 22.8. The van der Waals surface area contributed by atoms with E-state index in [4.69, 9.17) is 9.72 Å². The number of carboxylic acid groups (broad SMARTS) is 1. The highest BCUT2D eigenvalue weighted by Gasteiger charge is 2.43. The number of imidazole rings is 1. The van der Waals surface area contributed by atoms with Crippen molar-refractivity contribution in [3.63, 3.8) is 0 Å². The molecule has 4 aromatic rings. The first kappa shape index (κ1) is 26.7. The number of aryl methyl sites for hydroxylation is 2. The van der Waals surface area contributed by atoms with Gasteiger partial charge in [0.15, 0.2) is 0 Å². The maximum atomic E-state index is 13.9. The molecule has 0 unspecified atom stereocenters. The van der Waals surface area contributed by atoms with Gasteiger partial charge in [-0.2, -0.15) is 0 Å². The Kier molecular flexibility index (Phi) is 7.82. The van der Waals surface area contributed by atoms with Gasteiger partial charge in [0, 0.05) is 6.20 Å². The molecule has 1 fully saturated rings. The smallest absolute Gasteiger partial charge is 0.336 e. The van der Waals surface area contributed by atoms with E-state index in [9.17, 15) is 14.7 Å². The minimum absolute atomic E-state index is 0.134. The first-order valence-electron chi connectivity index (χ1n) is 14.0. The molecule has 2 aromatic carbocycles. The minimum Gasteiger partial charge on any atom is -0.478 e. The van der Waals surface area contributed by atoms with Gasteiger partial charge in [-0.3, -0.25) is 4.79 Å². The van der Waals surface area contributed by atoms with Gasteiger partial charge in [0.2, 0.25) is 0 Å². The quantitative estimate of drug-likeness (QED) is 0.232. The van der Waals surface area contributed by atoms with Crippen molar-refractivity contribution < 1.29 is 19.4 Å².